The second kappa shape index (κ2) is 10.4. The van der Waals surface area contributed by atoms with Crippen molar-refractivity contribution in [1.82, 2.24) is 10.6 Å². The summed E-state index contributed by atoms with van der Waals surface area (Å²) < 4.78 is 5.57. The molecule has 2 amide bonds. The zero-order valence-electron chi connectivity index (χ0n) is 15.8. The van der Waals surface area contributed by atoms with Crippen molar-refractivity contribution in [3.8, 4) is 5.75 Å². The molecule has 0 saturated heterocycles. The minimum atomic E-state index is -1.08. The van der Waals surface area contributed by atoms with E-state index < -0.39 is 17.9 Å². The molecule has 7 nitrogen and oxygen atoms in total. The molecule has 144 valence electrons. The molecule has 0 aliphatic rings. The highest BCUT2D eigenvalue weighted by Gasteiger charge is 2.21. The van der Waals surface area contributed by atoms with Gasteiger partial charge < -0.3 is 20.5 Å². The largest absolute Gasteiger partial charge is 0.493 e. The zero-order valence-corrected chi connectivity index (χ0v) is 15.8. The molecule has 0 aromatic heterocycles. The quantitative estimate of drug-likeness (QED) is 0.587. The van der Waals surface area contributed by atoms with Crippen molar-refractivity contribution < 1.29 is 24.2 Å². The van der Waals surface area contributed by atoms with Gasteiger partial charge in [-0.05, 0) is 37.8 Å². The Labute approximate surface area is 154 Å². The Kier molecular flexibility index (Phi) is 8.61. The van der Waals surface area contributed by atoms with Gasteiger partial charge in [-0.25, -0.2) is 4.79 Å². The summed E-state index contributed by atoms with van der Waals surface area (Å²) in [5.74, 6) is -1.09. The molecule has 7 heteroatoms. The number of nitrogens with one attached hydrogen (secondary N) is 2. The van der Waals surface area contributed by atoms with Gasteiger partial charge in [-0.2, -0.15) is 0 Å². The molecular weight excluding hydrogens is 336 g/mol. The highest BCUT2D eigenvalue weighted by molar-refractivity contribution is 5.87. The van der Waals surface area contributed by atoms with Crippen LogP contribution in [0.4, 0.5) is 0 Å². The van der Waals surface area contributed by atoms with Crippen molar-refractivity contribution in [2.45, 2.75) is 46.6 Å². The first-order chi connectivity index (χ1) is 12.2. The van der Waals surface area contributed by atoms with Crippen LogP contribution < -0.4 is 15.4 Å². The Morgan fingerprint density at radius 1 is 1.15 bits per heavy atom. The van der Waals surface area contributed by atoms with E-state index in [1.165, 1.54) is 0 Å². The Morgan fingerprint density at radius 3 is 2.42 bits per heavy atom. The van der Waals surface area contributed by atoms with Crippen molar-refractivity contribution in [2.75, 3.05) is 13.2 Å². The van der Waals surface area contributed by atoms with Crippen LogP contribution >= 0.6 is 0 Å². The van der Waals surface area contributed by atoms with Crippen LogP contribution in [0, 0.1) is 19.8 Å². The maximum atomic E-state index is 11.8. The number of rotatable bonds is 10. The van der Waals surface area contributed by atoms with E-state index in [-0.39, 0.29) is 31.4 Å². The second-order valence-corrected chi connectivity index (χ2v) is 6.73. The van der Waals surface area contributed by atoms with Crippen molar-refractivity contribution in [2.24, 2.45) is 5.92 Å². The van der Waals surface area contributed by atoms with Gasteiger partial charge in [0.2, 0.25) is 11.8 Å². The van der Waals surface area contributed by atoms with E-state index >= 15 is 0 Å². The number of carboxylic acids is 1. The maximum absolute atomic E-state index is 11.8. The number of hydrogen-bond donors (Lipinski definition) is 3. The van der Waals surface area contributed by atoms with E-state index in [2.05, 4.69) is 10.6 Å². The normalized spacial score (nSPS) is 11.7. The van der Waals surface area contributed by atoms with Crippen molar-refractivity contribution in [1.29, 1.82) is 0 Å². The standard InChI is InChI=1S/C19H28N2O5/c1-12(2)9-15(19(24)25)21-18(23)11-20-17(22)7-8-26-16-6-5-13(3)10-14(16)4/h5-6,10,12,15H,7-9,11H2,1-4H3,(H,20,22)(H,21,23)(H,24,25)/t15-/m0/s1. The molecule has 0 saturated carbocycles. The molecule has 0 bridgehead atoms. The summed E-state index contributed by atoms with van der Waals surface area (Å²) in [5, 5.41) is 14.0. The molecule has 0 radical (unpaired) electrons. The topological polar surface area (TPSA) is 105 Å². The molecule has 1 rings (SSSR count). The van der Waals surface area contributed by atoms with Gasteiger partial charge in [0.1, 0.15) is 11.8 Å². The lowest BCUT2D eigenvalue weighted by Gasteiger charge is -2.16. The number of hydrogen-bond acceptors (Lipinski definition) is 4. The van der Waals surface area contributed by atoms with Gasteiger partial charge in [0, 0.05) is 0 Å². The van der Waals surface area contributed by atoms with Crippen LogP contribution in [0.2, 0.25) is 0 Å². The number of aryl methyl sites for hydroxylation is 2. The fraction of sp³-hybridized carbons (Fsp3) is 0.526. The van der Waals surface area contributed by atoms with Gasteiger partial charge in [-0.1, -0.05) is 31.5 Å². The second-order valence-electron chi connectivity index (χ2n) is 6.73. The summed E-state index contributed by atoms with van der Waals surface area (Å²) in [4.78, 5) is 34.7. The number of amides is 2. The fourth-order valence-corrected chi connectivity index (χ4v) is 2.42. The van der Waals surface area contributed by atoms with Crippen molar-refractivity contribution in [3.05, 3.63) is 29.3 Å². The number of carbonyl (C=O) groups is 3. The third-order valence-corrected chi connectivity index (χ3v) is 3.70. The molecule has 1 atom stereocenters. The van der Waals surface area contributed by atoms with E-state index in [1.807, 2.05) is 45.9 Å². The molecule has 0 heterocycles. The lowest BCUT2D eigenvalue weighted by atomic mass is 10.0. The molecule has 0 spiro atoms. The van der Waals surface area contributed by atoms with Gasteiger partial charge in [0.05, 0.1) is 19.6 Å². The number of benzene rings is 1. The predicted molar refractivity (Wildman–Crippen MR) is 98.1 cm³/mol. The average Bonchev–Trinajstić information content (AvgIpc) is 2.54. The van der Waals surface area contributed by atoms with E-state index in [4.69, 9.17) is 9.84 Å². The molecule has 26 heavy (non-hydrogen) atoms. The van der Waals surface area contributed by atoms with Crippen molar-refractivity contribution in [3.63, 3.8) is 0 Å². The number of carboxylic acid groups (broad SMARTS) is 1. The Bertz CT molecular complexity index is 643. The number of carbonyl (C=O) groups excluding carboxylic acids is 2. The van der Waals surface area contributed by atoms with E-state index in [1.54, 1.807) is 0 Å². The van der Waals surface area contributed by atoms with Crippen molar-refractivity contribution >= 4 is 17.8 Å². The summed E-state index contributed by atoms with van der Waals surface area (Å²) in [5.41, 5.74) is 2.13. The molecule has 3 N–H and O–H groups in total. The molecule has 0 fully saturated rings. The molecule has 0 unspecified atom stereocenters. The van der Waals surface area contributed by atoms with Crippen LogP contribution in [0.1, 0.15) is 37.8 Å². The maximum Gasteiger partial charge on any atom is 0.326 e. The Hall–Kier alpha value is -2.57. The molecule has 1 aromatic rings. The van der Waals surface area contributed by atoms with E-state index in [0.29, 0.717) is 6.42 Å². The summed E-state index contributed by atoms with van der Waals surface area (Å²) >= 11 is 0. The van der Waals surface area contributed by atoms with Gasteiger partial charge in [0.25, 0.3) is 0 Å². The predicted octanol–water partition coefficient (Wildman–Crippen LogP) is 1.80. The van der Waals surface area contributed by atoms with Gasteiger partial charge >= 0.3 is 5.97 Å². The summed E-state index contributed by atoms with van der Waals surface area (Å²) in [6.07, 6.45) is 0.438. The van der Waals surface area contributed by atoms with Crippen LogP contribution in [0.3, 0.4) is 0 Å². The minimum Gasteiger partial charge on any atom is -0.493 e. The SMILES string of the molecule is Cc1ccc(OCCC(=O)NCC(=O)N[C@@H](CC(C)C)C(=O)O)c(C)c1. The first kappa shape index (κ1) is 21.5. The van der Waals surface area contributed by atoms with Crippen LogP contribution in [0.25, 0.3) is 0 Å². The molecular formula is C19H28N2O5. The fourth-order valence-electron chi connectivity index (χ4n) is 2.42. The smallest absolute Gasteiger partial charge is 0.326 e. The van der Waals surface area contributed by atoms with E-state index in [0.717, 1.165) is 16.9 Å². The first-order valence-electron chi connectivity index (χ1n) is 8.68. The molecule has 1 aromatic carbocycles. The number of ether oxygens (including phenoxy) is 1. The zero-order chi connectivity index (χ0) is 19.7. The van der Waals surface area contributed by atoms with Crippen LogP contribution in [0.15, 0.2) is 18.2 Å². The molecule has 0 aliphatic heterocycles. The summed E-state index contributed by atoms with van der Waals surface area (Å²) in [6, 6.07) is 4.84. The lowest BCUT2D eigenvalue weighted by Crippen LogP contribution is -2.46. The summed E-state index contributed by atoms with van der Waals surface area (Å²) in [6.45, 7) is 7.61. The summed E-state index contributed by atoms with van der Waals surface area (Å²) in [7, 11) is 0. The minimum absolute atomic E-state index is 0.106. The van der Waals surface area contributed by atoms with Gasteiger partial charge in [-0.15, -0.1) is 0 Å². The third kappa shape index (κ3) is 8.00. The lowest BCUT2D eigenvalue weighted by molar-refractivity contribution is -0.142. The van der Waals surface area contributed by atoms with Crippen LogP contribution in [-0.4, -0.2) is 42.1 Å². The first-order valence-corrected chi connectivity index (χ1v) is 8.68. The molecule has 0 aliphatic carbocycles. The van der Waals surface area contributed by atoms with Crippen LogP contribution in [-0.2, 0) is 14.4 Å². The highest BCUT2D eigenvalue weighted by Crippen LogP contribution is 2.18. The Morgan fingerprint density at radius 2 is 1.85 bits per heavy atom. The monoisotopic (exact) mass is 364 g/mol. The van der Waals surface area contributed by atoms with E-state index in [9.17, 15) is 14.4 Å². The highest BCUT2D eigenvalue weighted by atomic mass is 16.5. The average molecular weight is 364 g/mol. The van der Waals surface area contributed by atoms with Gasteiger partial charge in [0.15, 0.2) is 0 Å². The van der Waals surface area contributed by atoms with Gasteiger partial charge in [-0.3, -0.25) is 9.59 Å². The Balaban J connectivity index is 2.32. The number of aliphatic carboxylic acids is 1. The van der Waals surface area contributed by atoms with Crippen LogP contribution in [0.5, 0.6) is 5.75 Å². The third-order valence-electron chi connectivity index (χ3n) is 3.70.